The van der Waals surface area contributed by atoms with Crippen molar-refractivity contribution in [2.75, 3.05) is 13.1 Å². The van der Waals surface area contributed by atoms with Crippen LogP contribution in [0.25, 0.3) is 0 Å². The van der Waals surface area contributed by atoms with Crippen LogP contribution in [0.2, 0.25) is 0 Å². The Morgan fingerprint density at radius 3 is 2.46 bits per heavy atom. The van der Waals surface area contributed by atoms with E-state index in [1.54, 1.807) is 17.0 Å². The number of carbonyl (C=O) groups is 2. The molecule has 2 aromatic rings. The van der Waals surface area contributed by atoms with E-state index in [9.17, 15) is 14.0 Å². The van der Waals surface area contributed by atoms with Crippen LogP contribution in [0.5, 0.6) is 0 Å². The summed E-state index contributed by atoms with van der Waals surface area (Å²) >= 11 is 0. The number of hydrogen-bond donors (Lipinski definition) is 2. The van der Waals surface area contributed by atoms with Crippen molar-refractivity contribution in [1.82, 2.24) is 20.2 Å². The molecule has 1 aliphatic heterocycles. The van der Waals surface area contributed by atoms with Crippen LogP contribution in [-0.4, -0.2) is 45.8 Å². The third-order valence-electron chi connectivity index (χ3n) is 3.99. The van der Waals surface area contributed by atoms with Gasteiger partial charge >= 0.3 is 0 Å². The van der Waals surface area contributed by atoms with E-state index >= 15 is 0 Å². The second-order valence-corrected chi connectivity index (χ2v) is 5.86. The Kier molecular flexibility index (Phi) is 6.59. The molecular weight excluding hydrogens is 361 g/mol. The molecule has 1 saturated heterocycles. The Bertz CT molecular complexity index is 787. The maximum absolute atomic E-state index is 12.9. The van der Waals surface area contributed by atoms with Gasteiger partial charge in [0.05, 0.1) is 0 Å². The first-order chi connectivity index (χ1) is 12.0. The fourth-order valence-electron chi connectivity index (χ4n) is 2.65. The van der Waals surface area contributed by atoms with Gasteiger partial charge in [-0.25, -0.2) is 14.4 Å². The van der Waals surface area contributed by atoms with Gasteiger partial charge in [-0.2, -0.15) is 0 Å². The molecule has 0 unspecified atom stereocenters. The number of nitrogens with zero attached hydrogens (tertiary/aromatic N) is 3. The number of rotatable bonds is 4. The first-order valence-electron chi connectivity index (χ1n) is 7.93. The zero-order valence-electron chi connectivity index (χ0n) is 13.9. The van der Waals surface area contributed by atoms with Gasteiger partial charge in [0.1, 0.15) is 5.82 Å². The lowest BCUT2D eigenvalue weighted by Gasteiger charge is -2.16. The summed E-state index contributed by atoms with van der Waals surface area (Å²) in [4.78, 5) is 34.6. The minimum atomic E-state index is -0.510. The van der Waals surface area contributed by atoms with Gasteiger partial charge in [-0.15, -0.1) is 12.4 Å². The highest BCUT2D eigenvalue weighted by Gasteiger charge is 2.29. The van der Waals surface area contributed by atoms with Crippen molar-refractivity contribution in [3.63, 3.8) is 0 Å². The standard InChI is InChI=1S/C17H18FN5O2.ClH/c18-12-3-1-11(2-4-12)9-22-16(24)14-15(21-7-6-20-14)17(25)23-8-5-13(19)10-23;/h1-4,6-7,13H,5,8-10,19H2,(H,22,24);1H/t13-;/m1./s1. The van der Waals surface area contributed by atoms with Crippen molar-refractivity contribution in [2.45, 2.75) is 19.0 Å². The SMILES string of the molecule is Cl.N[C@@H]1CCN(C(=O)c2nccnc2C(=O)NCc2ccc(F)cc2)C1. The zero-order valence-corrected chi connectivity index (χ0v) is 14.7. The summed E-state index contributed by atoms with van der Waals surface area (Å²) in [6, 6.07) is 5.72. The minimum absolute atomic E-state index is 0. The van der Waals surface area contributed by atoms with Crippen molar-refractivity contribution in [3.05, 3.63) is 59.4 Å². The van der Waals surface area contributed by atoms with E-state index in [1.165, 1.54) is 24.5 Å². The van der Waals surface area contributed by atoms with Gasteiger partial charge in [0.2, 0.25) is 0 Å². The Morgan fingerprint density at radius 2 is 1.85 bits per heavy atom. The van der Waals surface area contributed by atoms with E-state index in [0.29, 0.717) is 13.1 Å². The summed E-state index contributed by atoms with van der Waals surface area (Å²) in [5, 5.41) is 2.67. The van der Waals surface area contributed by atoms with Crippen LogP contribution in [0.4, 0.5) is 4.39 Å². The van der Waals surface area contributed by atoms with Crippen molar-refractivity contribution < 1.29 is 14.0 Å². The lowest BCUT2D eigenvalue weighted by atomic mass is 10.2. The molecule has 1 fully saturated rings. The van der Waals surface area contributed by atoms with Crippen LogP contribution in [0, 0.1) is 5.82 Å². The molecule has 1 aliphatic rings. The highest BCUT2D eigenvalue weighted by Crippen LogP contribution is 2.13. The molecule has 9 heteroatoms. The Hall–Kier alpha value is -2.58. The van der Waals surface area contributed by atoms with Gasteiger partial charge in [0.15, 0.2) is 11.4 Å². The van der Waals surface area contributed by atoms with Gasteiger partial charge in [0, 0.05) is 38.1 Å². The van der Waals surface area contributed by atoms with Gasteiger partial charge < -0.3 is 16.0 Å². The highest BCUT2D eigenvalue weighted by molar-refractivity contribution is 6.04. The maximum atomic E-state index is 12.9. The summed E-state index contributed by atoms with van der Waals surface area (Å²) in [7, 11) is 0. The molecule has 3 rings (SSSR count). The van der Waals surface area contributed by atoms with Crippen LogP contribution in [0.3, 0.4) is 0 Å². The molecule has 0 bridgehead atoms. The van der Waals surface area contributed by atoms with Crippen LogP contribution in [0.15, 0.2) is 36.7 Å². The lowest BCUT2D eigenvalue weighted by molar-refractivity contribution is 0.0775. The van der Waals surface area contributed by atoms with Gasteiger partial charge in [-0.05, 0) is 24.1 Å². The Labute approximate surface area is 156 Å². The molecule has 2 heterocycles. The largest absolute Gasteiger partial charge is 0.347 e. The van der Waals surface area contributed by atoms with Crippen molar-refractivity contribution in [1.29, 1.82) is 0 Å². The second-order valence-electron chi connectivity index (χ2n) is 5.86. The van der Waals surface area contributed by atoms with Crippen molar-refractivity contribution in [3.8, 4) is 0 Å². The van der Waals surface area contributed by atoms with Crippen LogP contribution in [0.1, 0.15) is 33.0 Å². The predicted octanol–water partition coefficient (Wildman–Crippen LogP) is 1.14. The molecule has 7 nitrogen and oxygen atoms in total. The first-order valence-corrected chi connectivity index (χ1v) is 7.93. The predicted molar refractivity (Wildman–Crippen MR) is 95.3 cm³/mol. The Balaban J connectivity index is 0.00000243. The summed E-state index contributed by atoms with van der Waals surface area (Å²) < 4.78 is 12.9. The third kappa shape index (κ3) is 4.53. The van der Waals surface area contributed by atoms with Crippen molar-refractivity contribution in [2.24, 2.45) is 5.73 Å². The fraction of sp³-hybridized carbons (Fsp3) is 0.294. The molecular formula is C17H19ClFN5O2. The van der Waals surface area contributed by atoms with Crippen LogP contribution in [-0.2, 0) is 6.54 Å². The monoisotopic (exact) mass is 379 g/mol. The fourth-order valence-corrected chi connectivity index (χ4v) is 2.65. The average Bonchev–Trinajstić information content (AvgIpc) is 3.07. The van der Waals surface area contributed by atoms with E-state index in [-0.39, 0.29) is 48.1 Å². The van der Waals surface area contributed by atoms with Crippen LogP contribution >= 0.6 is 12.4 Å². The number of nitrogens with two attached hydrogens (primary N) is 1. The number of carbonyl (C=O) groups excluding carboxylic acids is 2. The highest BCUT2D eigenvalue weighted by atomic mass is 35.5. The van der Waals surface area contributed by atoms with Crippen molar-refractivity contribution >= 4 is 24.2 Å². The Morgan fingerprint density at radius 1 is 1.19 bits per heavy atom. The molecule has 0 saturated carbocycles. The van der Waals surface area contributed by atoms with E-state index < -0.39 is 5.91 Å². The molecule has 0 radical (unpaired) electrons. The van der Waals surface area contributed by atoms with Crippen LogP contribution < -0.4 is 11.1 Å². The summed E-state index contributed by atoms with van der Waals surface area (Å²) in [6.45, 7) is 1.16. The van der Waals surface area contributed by atoms with Gasteiger partial charge in [0.25, 0.3) is 11.8 Å². The quantitative estimate of drug-likeness (QED) is 0.829. The number of amides is 2. The molecule has 26 heavy (non-hydrogen) atoms. The molecule has 1 atom stereocenters. The van der Waals surface area contributed by atoms with E-state index in [0.717, 1.165) is 12.0 Å². The number of benzene rings is 1. The number of nitrogens with one attached hydrogen (secondary N) is 1. The minimum Gasteiger partial charge on any atom is -0.347 e. The van der Waals surface area contributed by atoms with E-state index in [2.05, 4.69) is 15.3 Å². The summed E-state index contributed by atoms with van der Waals surface area (Å²) in [6.07, 6.45) is 3.46. The third-order valence-corrected chi connectivity index (χ3v) is 3.99. The lowest BCUT2D eigenvalue weighted by Crippen LogP contribution is -2.35. The number of likely N-dealkylation sites (tertiary alicyclic amines) is 1. The molecule has 0 aliphatic carbocycles. The van der Waals surface area contributed by atoms with E-state index in [4.69, 9.17) is 5.73 Å². The average molecular weight is 380 g/mol. The summed E-state index contributed by atoms with van der Waals surface area (Å²) in [5.74, 6) is -1.21. The van der Waals surface area contributed by atoms with Gasteiger partial charge in [-0.1, -0.05) is 12.1 Å². The second kappa shape index (κ2) is 8.68. The first kappa shape index (κ1) is 19.7. The molecule has 0 spiro atoms. The molecule has 3 N–H and O–H groups in total. The summed E-state index contributed by atoms with van der Waals surface area (Å²) in [5.41, 5.74) is 6.53. The molecule has 138 valence electrons. The molecule has 1 aromatic carbocycles. The maximum Gasteiger partial charge on any atom is 0.274 e. The number of hydrogen-bond acceptors (Lipinski definition) is 5. The molecule has 2 amide bonds. The zero-order chi connectivity index (χ0) is 17.8. The normalized spacial score (nSPS) is 16.1. The topological polar surface area (TPSA) is 101 Å². The number of aromatic nitrogens is 2. The van der Waals surface area contributed by atoms with Gasteiger partial charge in [-0.3, -0.25) is 9.59 Å². The molecule has 1 aromatic heterocycles. The smallest absolute Gasteiger partial charge is 0.274 e. The van der Waals surface area contributed by atoms with E-state index in [1.807, 2.05) is 0 Å². The number of halogens is 2.